The van der Waals surface area contributed by atoms with Crippen molar-refractivity contribution in [2.45, 2.75) is 49.9 Å². The molecule has 7 aromatic rings. The van der Waals surface area contributed by atoms with Crippen molar-refractivity contribution in [3.8, 4) is 11.5 Å². The van der Waals surface area contributed by atoms with E-state index in [4.69, 9.17) is 4.74 Å². The zero-order chi connectivity index (χ0) is 48.8. The molecule has 0 spiro atoms. The van der Waals surface area contributed by atoms with E-state index in [1.54, 1.807) is 45.8 Å². The van der Waals surface area contributed by atoms with Gasteiger partial charge in [-0.1, -0.05) is 84.9 Å². The highest BCUT2D eigenvalue weighted by Gasteiger charge is 2.64. The van der Waals surface area contributed by atoms with Gasteiger partial charge in [-0.3, -0.25) is 38.5 Å². The molecular weight excluding hydrogens is 917 g/mol. The van der Waals surface area contributed by atoms with E-state index < -0.39 is 74.8 Å². The van der Waals surface area contributed by atoms with E-state index in [1.165, 1.54) is 28.0 Å². The molecule has 2 amide bonds. The number of nitrogens with zero attached hydrogens (tertiary/aromatic N) is 6. The van der Waals surface area contributed by atoms with Crippen LogP contribution in [0.2, 0.25) is 0 Å². The lowest BCUT2D eigenvalue weighted by molar-refractivity contribution is 0.0578. The summed E-state index contributed by atoms with van der Waals surface area (Å²) >= 11 is 0. The summed E-state index contributed by atoms with van der Waals surface area (Å²) in [6.07, 6.45) is 2.55. The van der Waals surface area contributed by atoms with Gasteiger partial charge in [0.05, 0.1) is 0 Å². The molecule has 5 atom stereocenters. The largest absolute Gasteiger partial charge is 0.502 e. The van der Waals surface area contributed by atoms with Gasteiger partial charge in [0.15, 0.2) is 46.2 Å². The summed E-state index contributed by atoms with van der Waals surface area (Å²) in [5.41, 5.74) is 0.750. The smallest absolute Gasteiger partial charge is 0.278 e. The highest BCUT2D eigenvalue weighted by molar-refractivity contribution is 5.97. The third-order valence-electron chi connectivity index (χ3n) is 16.0. The molecule has 2 aromatic heterocycles. The van der Waals surface area contributed by atoms with Crippen molar-refractivity contribution >= 4 is 11.8 Å². The Balaban J connectivity index is 1.04. The highest BCUT2D eigenvalue weighted by atomic mass is 19.2. The zero-order valence-corrected chi connectivity index (χ0v) is 38.0. The van der Waals surface area contributed by atoms with Crippen LogP contribution in [0, 0.1) is 35.1 Å². The molecule has 0 bridgehead atoms. The van der Waals surface area contributed by atoms with E-state index in [9.17, 15) is 19.5 Å². The topological polar surface area (TPSA) is 121 Å². The zero-order valence-electron chi connectivity index (χ0n) is 38.0. The summed E-state index contributed by atoms with van der Waals surface area (Å²) in [5, 5.41) is 15.0. The Labute approximate surface area is 402 Å². The molecule has 13 rings (SSSR count). The van der Waals surface area contributed by atoms with Crippen LogP contribution in [-0.2, 0) is 36.9 Å². The van der Waals surface area contributed by atoms with Crippen LogP contribution < -0.4 is 25.6 Å². The molecule has 5 aromatic carbocycles. The van der Waals surface area contributed by atoms with Crippen molar-refractivity contribution in [2.75, 3.05) is 29.9 Å². The van der Waals surface area contributed by atoms with E-state index in [0.717, 1.165) is 41.0 Å². The van der Waals surface area contributed by atoms with Crippen molar-refractivity contribution in [3.05, 3.63) is 233 Å². The quantitative estimate of drug-likeness (QED) is 0.168. The van der Waals surface area contributed by atoms with Crippen LogP contribution in [0.5, 0.6) is 11.5 Å². The minimum atomic E-state index is -1.51. The first-order chi connectivity index (χ1) is 34.4. The highest BCUT2D eigenvalue weighted by Crippen LogP contribution is 2.62. The van der Waals surface area contributed by atoms with Gasteiger partial charge >= 0.3 is 0 Å². The number of pyridine rings is 2. The number of fused-ring (bicyclic) bond motifs is 12. The molecule has 6 aliphatic rings. The van der Waals surface area contributed by atoms with Gasteiger partial charge in [-0.15, -0.1) is 0 Å². The third-order valence-corrected chi connectivity index (χ3v) is 16.0. The monoisotopic (exact) mass is 958 g/mol. The van der Waals surface area contributed by atoms with Crippen molar-refractivity contribution < 1.29 is 37.0 Å². The maximum Gasteiger partial charge on any atom is 0.278 e. The van der Waals surface area contributed by atoms with Crippen molar-refractivity contribution in [3.63, 3.8) is 0 Å². The SMILES string of the molecule is CCN1CN(C23c4cc(F)c(F)cc4CC2C(Oc2c4n(ccc2=O)N(C25c6ccccc6CC2Cc2c5ccc(F)c2F)CN(Cc2ccccc2)C4=O)c2ccccc23)n2ccc(=O)c(O)c2C1=O. The molecule has 0 saturated carbocycles. The number of hydrogen-bond acceptors (Lipinski definition) is 8. The van der Waals surface area contributed by atoms with Crippen molar-refractivity contribution in [2.24, 2.45) is 11.8 Å². The van der Waals surface area contributed by atoms with Gasteiger partial charge < -0.3 is 19.6 Å². The number of rotatable bonds is 7. The van der Waals surface area contributed by atoms with E-state index in [1.807, 2.05) is 65.7 Å². The number of ether oxygens (including phenoxy) is 1. The van der Waals surface area contributed by atoms with E-state index in [0.29, 0.717) is 34.2 Å². The number of aromatic nitrogens is 2. The average molecular weight is 959 g/mol. The third kappa shape index (κ3) is 5.61. The van der Waals surface area contributed by atoms with E-state index >= 15 is 22.4 Å². The molecule has 12 nitrogen and oxygen atoms in total. The Morgan fingerprint density at radius 1 is 0.620 bits per heavy atom. The molecule has 5 unspecified atom stereocenters. The van der Waals surface area contributed by atoms with E-state index in [2.05, 4.69) is 0 Å². The fourth-order valence-electron chi connectivity index (χ4n) is 13.1. The predicted molar refractivity (Wildman–Crippen MR) is 251 cm³/mol. The fourth-order valence-corrected chi connectivity index (χ4v) is 13.1. The maximum atomic E-state index is 16.1. The lowest BCUT2D eigenvalue weighted by Gasteiger charge is -2.51. The summed E-state index contributed by atoms with van der Waals surface area (Å²) in [4.78, 5) is 60.4. The van der Waals surface area contributed by atoms with Gasteiger partial charge in [0.1, 0.15) is 30.5 Å². The van der Waals surface area contributed by atoms with Gasteiger partial charge in [0.25, 0.3) is 11.8 Å². The number of amides is 2. The van der Waals surface area contributed by atoms with Crippen molar-refractivity contribution in [1.29, 1.82) is 0 Å². The molecule has 0 radical (unpaired) electrons. The van der Waals surface area contributed by atoms with E-state index in [-0.39, 0.29) is 67.9 Å². The number of carbonyl (C=O) groups excluding carboxylic acids is 2. The van der Waals surface area contributed by atoms with Crippen LogP contribution in [0.3, 0.4) is 0 Å². The summed E-state index contributed by atoms with van der Waals surface area (Å²) in [5.74, 6) is -7.53. The predicted octanol–water partition coefficient (Wildman–Crippen LogP) is 7.12. The number of halogens is 4. The van der Waals surface area contributed by atoms with Crippen molar-refractivity contribution in [1.82, 2.24) is 19.2 Å². The normalized spacial score (nSPS) is 23.2. The molecule has 2 aliphatic heterocycles. The van der Waals surface area contributed by atoms with Gasteiger partial charge in [-0.25, -0.2) is 17.6 Å². The molecule has 1 N–H and O–H groups in total. The van der Waals surface area contributed by atoms with Crippen LogP contribution in [-0.4, -0.2) is 56.0 Å². The maximum absolute atomic E-state index is 16.1. The summed E-state index contributed by atoms with van der Waals surface area (Å²) in [6, 6.07) is 31.8. The van der Waals surface area contributed by atoms with Crippen LogP contribution in [0.25, 0.3) is 0 Å². The second-order valence-electron chi connectivity index (χ2n) is 19.2. The molecule has 4 aliphatic carbocycles. The molecule has 4 heterocycles. The lowest BCUT2D eigenvalue weighted by atomic mass is 9.81. The van der Waals surface area contributed by atoms with Gasteiger partial charge in [0.2, 0.25) is 10.9 Å². The Hall–Kier alpha value is -8.14. The summed E-state index contributed by atoms with van der Waals surface area (Å²) in [6.45, 7) is 1.82. The van der Waals surface area contributed by atoms with Crippen LogP contribution in [0.4, 0.5) is 17.6 Å². The molecule has 356 valence electrons. The van der Waals surface area contributed by atoms with Gasteiger partial charge in [-0.2, -0.15) is 0 Å². The second-order valence-corrected chi connectivity index (χ2v) is 19.2. The number of aromatic hydroxyl groups is 1. The van der Waals surface area contributed by atoms with Crippen LogP contribution >= 0.6 is 0 Å². The summed E-state index contributed by atoms with van der Waals surface area (Å²) in [7, 11) is 0. The standard InChI is InChI=1S/C55H42F4N6O6/c1-2-60-28-65(62-20-18-44(66)49(68)47(62)52(60)69)55-37-15-9-7-13-34(37)50(40(55)23-32-24-42(57)43(58)26-39(32)55)71-51-45(67)19-21-63-48(51)53(70)61(27-30-10-4-3-5-11-30)29-64(63)54-33(22-31-12-6-8-14-36(31)54)25-35-38(54)16-17-41(56)46(35)59/h3-21,24,26,33,40,50,68H,2,22-23,25,27-29H2,1H3. The minimum absolute atomic E-state index is 0.0348. The van der Waals surface area contributed by atoms with Gasteiger partial charge in [-0.05, 0) is 94.5 Å². The second kappa shape index (κ2) is 15.2. The first-order valence-electron chi connectivity index (χ1n) is 23.6. The average Bonchev–Trinajstić information content (AvgIpc) is 4.07. The Morgan fingerprint density at radius 3 is 2.07 bits per heavy atom. The minimum Gasteiger partial charge on any atom is -0.502 e. The van der Waals surface area contributed by atoms with Crippen LogP contribution in [0.1, 0.15) is 84.1 Å². The number of benzene rings is 5. The molecular formula is C55H42F4N6O6. The summed E-state index contributed by atoms with van der Waals surface area (Å²) < 4.78 is 72.8. The Morgan fingerprint density at radius 2 is 1.28 bits per heavy atom. The lowest BCUT2D eigenvalue weighted by Crippen LogP contribution is -2.63. The number of carbonyl (C=O) groups is 2. The molecule has 16 heteroatoms. The number of hydrogen-bond donors (Lipinski definition) is 1. The first-order valence-corrected chi connectivity index (χ1v) is 23.6. The Kier molecular flexibility index (Phi) is 9.18. The molecule has 71 heavy (non-hydrogen) atoms. The molecule has 0 saturated heterocycles. The van der Waals surface area contributed by atoms with Gasteiger partial charge in [0, 0.05) is 49.5 Å². The first kappa shape index (κ1) is 42.9. The molecule has 0 fully saturated rings. The Bertz CT molecular complexity index is 3600. The van der Waals surface area contributed by atoms with Crippen LogP contribution in [0.15, 0.2) is 137 Å². The fraction of sp³-hybridized carbons (Fsp3) is 0.236.